The van der Waals surface area contributed by atoms with E-state index in [2.05, 4.69) is 31.4 Å². The minimum absolute atomic E-state index is 0.00809. The van der Waals surface area contributed by atoms with Gasteiger partial charge in [-0.1, -0.05) is 46.5 Å². The third kappa shape index (κ3) is 6.48. The van der Waals surface area contributed by atoms with Crippen molar-refractivity contribution in [2.45, 2.75) is 91.1 Å². The largest absolute Gasteiger partial charge is 0.354 e. The monoisotopic (exact) mass is 379 g/mol. The van der Waals surface area contributed by atoms with Crippen LogP contribution in [0.5, 0.6) is 0 Å². The Labute approximate surface area is 165 Å². The van der Waals surface area contributed by atoms with Gasteiger partial charge in [-0.15, -0.1) is 0 Å². The topological polar surface area (TPSA) is 84.2 Å². The maximum atomic E-state index is 13.0. The van der Waals surface area contributed by atoms with Gasteiger partial charge in [-0.25, -0.2) is 0 Å². The Morgan fingerprint density at radius 1 is 1.04 bits per heavy atom. The standard InChI is InChI=1S/C22H41N3O2/c1-14(2)18-11-10-15(3)12-19(18)22(27)24-13-20(25-21(26)16(4)23)17-8-6-5-7-9-17/h14-20H,5-13,23H2,1-4H3,(H,24,27)(H,25,26)/t15-,16+,18+,19-,20-/m1/s1. The Morgan fingerprint density at radius 3 is 2.30 bits per heavy atom. The Kier molecular flexibility index (Phi) is 8.59. The van der Waals surface area contributed by atoms with Crippen LogP contribution >= 0.6 is 0 Å². The van der Waals surface area contributed by atoms with Gasteiger partial charge in [0.2, 0.25) is 11.8 Å². The number of nitrogens with one attached hydrogen (secondary N) is 2. The third-order valence-corrected chi connectivity index (χ3v) is 6.82. The van der Waals surface area contributed by atoms with Crippen LogP contribution in [0, 0.1) is 29.6 Å². The molecule has 2 rings (SSSR count). The Bertz CT molecular complexity index is 486. The first-order valence-electron chi connectivity index (χ1n) is 11.1. The van der Waals surface area contributed by atoms with Crippen molar-refractivity contribution in [3.8, 4) is 0 Å². The fourth-order valence-corrected chi connectivity index (χ4v) is 5.03. The van der Waals surface area contributed by atoms with E-state index in [9.17, 15) is 9.59 Å². The minimum atomic E-state index is -0.517. The summed E-state index contributed by atoms with van der Waals surface area (Å²) >= 11 is 0. The molecule has 0 aromatic rings. The molecule has 0 radical (unpaired) electrons. The lowest BCUT2D eigenvalue weighted by Crippen LogP contribution is -2.53. The van der Waals surface area contributed by atoms with Crippen LogP contribution in [0.1, 0.15) is 79.1 Å². The highest BCUT2D eigenvalue weighted by atomic mass is 16.2. The summed E-state index contributed by atoms with van der Waals surface area (Å²) < 4.78 is 0. The fraction of sp³-hybridized carbons (Fsp3) is 0.909. The molecule has 0 unspecified atom stereocenters. The molecule has 5 heteroatoms. The van der Waals surface area contributed by atoms with E-state index in [0.717, 1.165) is 25.7 Å². The van der Waals surface area contributed by atoms with Crippen molar-refractivity contribution >= 4 is 11.8 Å². The molecule has 2 aliphatic carbocycles. The molecule has 4 N–H and O–H groups in total. The predicted octanol–water partition coefficient (Wildman–Crippen LogP) is 3.22. The maximum Gasteiger partial charge on any atom is 0.236 e. The average Bonchev–Trinajstić information content (AvgIpc) is 2.64. The van der Waals surface area contributed by atoms with Gasteiger partial charge < -0.3 is 16.4 Å². The van der Waals surface area contributed by atoms with Crippen molar-refractivity contribution in [3.05, 3.63) is 0 Å². The van der Waals surface area contributed by atoms with Crippen LogP contribution in [0.4, 0.5) is 0 Å². The van der Waals surface area contributed by atoms with E-state index in [1.807, 2.05) is 0 Å². The highest BCUT2D eigenvalue weighted by Crippen LogP contribution is 2.38. The molecule has 2 fully saturated rings. The quantitative estimate of drug-likeness (QED) is 0.635. The smallest absolute Gasteiger partial charge is 0.236 e. The molecule has 156 valence electrons. The zero-order valence-electron chi connectivity index (χ0n) is 17.8. The van der Waals surface area contributed by atoms with Crippen LogP contribution in [0.3, 0.4) is 0 Å². The van der Waals surface area contributed by atoms with E-state index in [0.29, 0.717) is 30.2 Å². The van der Waals surface area contributed by atoms with Gasteiger partial charge in [-0.3, -0.25) is 9.59 Å². The van der Waals surface area contributed by atoms with Crippen LogP contribution in [0.25, 0.3) is 0 Å². The van der Waals surface area contributed by atoms with E-state index in [1.54, 1.807) is 6.92 Å². The van der Waals surface area contributed by atoms with Crippen LogP contribution < -0.4 is 16.4 Å². The van der Waals surface area contributed by atoms with Crippen molar-refractivity contribution in [3.63, 3.8) is 0 Å². The zero-order valence-corrected chi connectivity index (χ0v) is 17.8. The molecule has 0 spiro atoms. The Morgan fingerprint density at radius 2 is 1.70 bits per heavy atom. The van der Waals surface area contributed by atoms with Crippen molar-refractivity contribution in [1.29, 1.82) is 0 Å². The molecule has 0 aliphatic heterocycles. The van der Waals surface area contributed by atoms with Crippen LogP contribution in [-0.2, 0) is 9.59 Å². The maximum absolute atomic E-state index is 13.0. The lowest BCUT2D eigenvalue weighted by Gasteiger charge is -2.37. The molecule has 5 atom stereocenters. The van der Waals surface area contributed by atoms with Crippen molar-refractivity contribution in [2.75, 3.05) is 6.54 Å². The summed E-state index contributed by atoms with van der Waals surface area (Å²) in [4.78, 5) is 25.2. The summed E-state index contributed by atoms with van der Waals surface area (Å²) in [5.74, 6) is 2.20. The molecule has 2 aliphatic rings. The number of rotatable bonds is 7. The first-order valence-corrected chi connectivity index (χ1v) is 11.1. The van der Waals surface area contributed by atoms with Crippen molar-refractivity contribution in [2.24, 2.45) is 35.3 Å². The second-order valence-corrected chi connectivity index (χ2v) is 9.48. The van der Waals surface area contributed by atoms with Crippen molar-refractivity contribution in [1.82, 2.24) is 10.6 Å². The normalized spacial score (nSPS) is 29.2. The summed E-state index contributed by atoms with van der Waals surface area (Å²) in [6, 6.07) is -0.525. The van der Waals surface area contributed by atoms with Gasteiger partial charge in [0.15, 0.2) is 0 Å². The number of amides is 2. The van der Waals surface area contributed by atoms with Crippen LogP contribution in [-0.4, -0.2) is 30.4 Å². The molecule has 0 aromatic carbocycles. The molecule has 27 heavy (non-hydrogen) atoms. The average molecular weight is 380 g/mol. The van der Waals surface area contributed by atoms with Gasteiger partial charge in [-0.2, -0.15) is 0 Å². The van der Waals surface area contributed by atoms with Gasteiger partial charge in [0.05, 0.1) is 6.04 Å². The number of carbonyl (C=O) groups is 2. The Balaban J connectivity index is 1.98. The second-order valence-electron chi connectivity index (χ2n) is 9.48. The number of hydrogen-bond acceptors (Lipinski definition) is 3. The third-order valence-electron chi connectivity index (χ3n) is 6.82. The molecule has 5 nitrogen and oxygen atoms in total. The highest BCUT2D eigenvalue weighted by Gasteiger charge is 2.36. The molecule has 0 heterocycles. The first-order chi connectivity index (χ1) is 12.8. The second kappa shape index (κ2) is 10.4. The molecule has 2 amide bonds. The number of carbonyl (C=O) groups excluding carboxylic acids is 2. The summed E-state index contributed by atoms with van der Waals surface area (Å²) in [5.41, 5.74) is 5.75. The van der Waals surface area contributed by atoms with Gasteiger partial charge in [0.1, 0.15) is 0 Å². The lowest BCUT2D eigenvalue weighted by atomic mass is 9.69. The summed E-state index contributed by atoms with van der Waals surface area (Å²) in [6.07, 6.45) is 9.27. The summed E-state index contributed by atoms with van der Waals surface area (Å²) in [6.45, 7) is 8.95. The van der Waals surface area contributed by atoms with Gasteiger partial charge >= 0.3 is 0 Å². The zero-order chi connectivity index (χ0) is 20.0. The number of hydrogen-bond donors (Lipinski definition) is 3. The van der Waals surface area contributed by atoms with Crippen molar-refractivity contribution < 1.29 is 9.59 Å². The highest BCUT2D eigenvalue weighted by molar-refractivity contribution is 5.82. The molecular formula is C22H41N3O2. The van der Waals surface area contributed by atoms with Gasteiger partial charge in [-0.05, 0) is 56.3 Å². The summed E-state index contributed by atoms with van der Waals surface area (Å²) in [7, 11) is 0. The summed E-state index contributed by atoms with van der Waals surface area (Å²) in [5, 5.41) is 6.31. The van der Waals surface area contributed by atoms with Gasteiger partial charge in [0.25, 0.3) is 0 Å². The fourth-order valence-electron chi connectivity index (χ4n) is 5.03. The van der Waals surface area contributed by atoms with E-state index in [1.165, 1.54) is 25.7 Å². The SMILES string of the molecule is CC(C)[C@@H]1CC[C@@H](C)C[C@H]1C(=O)NC[C@@H](NC(=O)[C@H](C)N)C1CCCCC1. The van der Waals surface area contributed by atoms with Gasteiger partial charge in [0, 0.05) is 18.5 Å². The van der Waals surface area contributed by atoms with E-state index in [-0.39, 0.29) is 23.8 Å². The van der Waals surface area contributed by atoms with Crippen LogP contribution in [0.2, 0.25) is 0 Å². The minimum Gasteiger partial charge on any atom is -0.354 e. The molecular weight excluding hydrogens is 338 g/mol. The molecule has 0 bridgehead atoms. The molecule has 0 saturated heterocycles. The predicted molar refractivity (Wildman–Crippen MR) is 110 cm³/mol. The first kappa shape index (κ1) is 22.2. The van der Waals surface area contributed by atoms with E-state index >= 15 is 0 Å². The Hall–Kier alpha value is -1.10. The molecule has 0 aromatic heterocycles. The lowest BCUT2D eigenvalue weighted by molar-refractivity contribution is -0.130. The van der Waals surface area contributed by atoms with Crippen LogP contribution in [0.15, 0.2) is 0 Å². The van der Waals surface area contributed by atoms with E-state index in [4.69, 9.17) is 5.73 Å². The number of nitrogens with two attached hydrogens (primary N) is 1. The van der Waals surface area contributed by atoms with E-state index < -0.39 is 6.04 Å². The molecule has 2 saturated carbocycles.